The minimum atomic E-state index is -2.83. The molecule has 2 aliphatic heterocycles. The number of pyridine rings is 2. The predicted octanol–water partition coefficient (Wildman–Crippen LogP) is 2.66. The van der Waals surface area contributed by atoms with E-state index < -0.39 is 12.3 Å². The number of ether oxygens (including phenoxy) is 1. The summed E-state index contributed by atoms with van der Waals surface area (Å²) in [6.07, 6.45) is 2.09. The summed E-state index contributed by atoms with van der Waals surface area (Å²) in [5.41, 5.74) is 2.34. The van der Waals surface area contributed by atoms with Crippen LogP contribution in [0.2, 0.25) is 0 Å². The molecule has 2 aliphatic rings. The Bertz CT molecular complexity index is 1390. The van der Waals surface area contributed by atoms with Gasteiger partial charge in [-0.25, -0.2) is 9.78 Å². The van der Waals surface area contributed by atoms with E-state index in [-0.39, 0.29) is 24.2 Å². The van der Waals surface area contributed by atoms with Crippen molar-refractivity contribution in [3.8, 4) is 11.5 Å². The molecule has 0 saturated carbocycles. The normalized spacial score (nSPS) is 17.9. The Morgan fingerprint density at radius 2 is 1.89 bits per heavy atom. The van der Waals surface area contributed by atoms with Crippen molar-refractivity contribution in [3.05, 3.63) is 58.7 Å². The molecule has 4 aromatic heterocycles. The molecule has 0 aliphatic carbocycles. The van der Waals surface area contributed by atoms with Gasteiger partial charge in [-0.2, -0.15) is 8.78 Å². The smallest absolute Gasteiger partial charge is 0.330 e. The zero-order valence-electron chi connectivity index (χ0n) is 18.8. The van der Waals surface area contributed by atoms with Crippen LogP contribution < -0.4 is 5.69 Å². The summed E-state index contributed by atoms with van der Waals surface area (Å²) in [5.74, 6) is -0.768. The molecule has 35 heavy (non-hydrogen) atoms. The fourth-order valence-electron chi connectivity index (χ4n) is 4.79. The summed E-state index contributed by atoms with van der Waals surface area (Å²) in [6, 6.07) is 7.73. The van der Waals surface area contributed by atoms with Crippen molar-refractivity contribution in [2.45, 2.75) is 37.9 Å². The molecule has 12 heteroatoms. The van der Waals surface area contributed by atoms with Crippen LogP contribution >= 0.6 is 0 Å². The first-order valence-electron chi connectivity index (χ1n) is 11.5. The van der Waals surface area contributed by atoms with Crippen molar-refractivity contribution < 1.29 is 17.9 Å². The van der Waals surface area contributed by atoms with Gasteiger partial charge in [-0.3, -0.25) is 19.0 Å². The summed E-state index contributed by atoms with van der Waals surface area (Å²) < 4.78 is 39.2. The molecule has 6 heterocycles. The molecule has 4 aromatic rings. The third-order valence-electron chi connectivity index (χ3n) is 6.74. The van der Waals surface area contributed by atoms with Crippen LogP contribution in [-0.2, 0) is 11.3 Å². The highest BCUT2D eigenvalue weighted by Gasteiger charge is 2.31. The van der Waals surface area contributed by atoms with Crippen LogP contribution in [0.5, 0.6) is 0 Å². The van der Waals surface area contributed by atoms with Gasteiger partial charge in [0.15, 0.2) is 5.65 Å². The molecule has 0 unspecified atom stereocenters. The number of imidazole rings is 1. The van der Waals surface area contributed by atoms with Crippen LogP contribution in [0.1, 0.15) is 36.9 Å². The van der Waals surface area contributed by atoms with Gasteiger partial charge in [0.05, 0.1) is 42.6 Å². The van der Waals surface area contributed by atoms with Crippen LogP contribution in [0, 0.1) is 0 Å². The minimum absolute atomic E-state index is 0.0328. The van der Waals surface area contributed by atoms with Crippen LogP contribution in [0.4, 0.5) is 8.78 Å². The Hall–Kier alpha value is -3.51. The predicted molar refractivity (Wildman–Crippen MR) is 120 cm³/mol. The van der Waals surface area contributed by atoms with E-state index in [1.54, 1.807) is 22.9 Å². The van der Waals surface area contributed by atoms with E-state index >= 15 is 0 Å². The Balaban J connectivity index is 1.25. The lowest BCUT2D eigenvalue weighted by atomic mass is 10.0. The summed E-state index contributed by atoms with van der Waals surface area (Å²) in [5, 5.41) is 6.98. The summed E-state index contributed by atoms with van der Waals surface area (Å²) >= 11 is 0. The highest BCUT2D eigenvalue weighted by Crippen LogP contribution is 2.28. The van der Waals surface area contributed by atoms with Gasteiger partial charge in [0.1, 0.15) is 0 Å². The first-order valence-corrected chi connectivity index (χ1v) is 11.5. The zero-order valence-corrected chi connectivity index (χ0v) is 18.8. The van der Waals surface area contributed by atoms with Crippen molar-refractivity contribution >= 4 is 11.2 Å². The maximum Gasteiger partial charge on any atom is 0.330 e. The average molecular weight is 483 g/mol. The molecule has 6 rings (SSSR count). The quantitative estimate of drug-likeness (QED) is 0.412. The molecule has 2 fully saturated rings. The molecular weight excluding hydrogens is 460 g/mol. The lowest BCUT2D eigenvalue weighted by molar-refractivity contribution is -0.0731. The maximum atomic E-state index is 13.5. The largest absolute Gasteiger partial charge is 0.415 e. The molecule has 0 bridgehead atoms. The SMILES string of the molecule is O=c1n(Cc2ccc(-c3nnc(C(F)F)o3)cn2)c2ncccc2n1C1CCN(C2COC2)CC1. The van der Waals surface area contributed by atoms with Crippen LogP contribution in [0.15, 0.2) is 45.9 Å². The van der Waals surface area contributed by atoms with E-state index in [1.807, 2.05) is 16.7 Å². The van der Waals surface area contributed by atoms with E-state index in [9.17, 15) is 13.6 Å². The maximum absolute atomic E-state index is 13.5. The second kappa shape index (κ2) is 8.93. The number of aromatic nitrogens is 6. The van der Waals surface area contributed by atoms with E-state index in [0.717, 1.165) is 44.7 Å². The molecule has 2 saturated heterocycles. The van der Waals surface area contributed by atoms with Gasteiger partial charge >= 0.3 is 12.1 Å². The molecule has 0 N–H and O–H groups in total. The van der Waals surface area contributed by atoms with Crippen molar-refractivity contribution in [1.82, 2.24) is 34.2 Å². The Kier molecular flexibility index (Phi) is 5.61. The summed E-state index contributed by atoms with van der Waals surface area (Å²) in [6.45, 7) is 3.68. The van der Waals surface area contributed by atoms with Gasteiger partial charge in [0.2, 0.25) is 5.89 Å². The fraction of sp³-hybridized carbons (Fsp3) is 0.435. The number of hydrogen-bond donors (Lipinski definition) is 0. The van der Waals surface area contributed by atoms with Gasteiger partial charge in [-0.15, -0.1) is 10.2 Å². The second-order valence-corrected chi connectivity index (χ2v) is 8.83. The van der Waals surface area contributed by atoms with Gasteiger partial charge in [-0.1, -0.05) is 0 Å². The van der Waals surface area contributed by atoms with Gasteiger partial charge in [0, 0.05) is 31.5 Å². The molecular formula is C23H23F2N7O3. The lowest BCUT2D eigenvalue weighted by Crippen LogP contribution is -2.52. The molecule has 0 aromatic carbocycles. The number of likely N-dealkylation sites (tertiary alicyclic amines) is 1. The van der Waals surface area contributed by atoms with E-state index in [2.05, 4.69) is 25.1 Å². The minimum Gasteiger partial charge on any atom is -0.415 e. The van der Waals surface area contributed by atoms with E-state index in [1.165, 1.54) is 6.20 Å². The Morgan fingerprint density at radius 1 is 1.06 bits per heavy atom. The van der Waals surface area contributed by atoms with Crippen LogP contribution in [-0.4, -0.2) is 66.5 Å². The van der Waals surface area contributed by atoms with Crippen molar-refractivity contribution in [3.63, 3.8) is 0 Å². The number of hydrogen-bond acceptors (Lipinski definition) is 8. The van der Waals surface area contributed by atoms with E-state index in [4.69, 9.17) is 9.15 Å². The molecule has 0 atom stereocenters. The number of alkyl halides is 2. The third-order valence-corrected chi connectivity index (χ3v) is 6.74. The highest BCUT2D eigenvalue weighted by atomic mass is 19.3. The zero-order chi connectivity index (χ0) is 23.9. The van der Waals surface area contributed by atoms with E-state index in [0.29, 0.717) is 22.9 Å². The number of fused-ring (bicyclic) bond motifs is 1. The van der Waals surface area contributed by atoms with Crippen LogP contribution in [0.25, 0.3) is 22.6 Å². The molecule has 0 amide bonds. The Morgan fingerprint density at radius 3 is 2.54 bits per heavy atom. The van der Waals surface area contributed by atoms with Crippen LogP contribution in [0.3, 0.4) is 0 Å². The number of halogens is 2. The van der Waals surface area contributed by atoms with Gasteiger partial charge in [0.25, 0.3) is 5.89 Å². The van der Waals surface area contributed by atoms with Gasteiger partial charge in [-0.05, 0) is 37.1 Å². The van der Waals surface area contributed by atoms with Gasteiger partial charge < -0.3 is 9.15 Å². The molecule has 10 nitrogen and oxygen atoms in total. The average Bonchev–Trinajstić information content (AvgIpc) is 3.43. The first-order chi connectivity index (χ1) is 17.1. The summed E-state index contributed by atoms with van der Waals surface area (Å²) in [4.78, 5) is 24.9. The fourth-order valence-corrected chi connectivity index (χ4v) is 4.79. The molecule has 0 spiro atoms. The highest BCUT2D eigenvalue weighted by molar-refractivity contribution is 5.71. The Labute approximate surface area is 198 Å². The van der Waals surface area contributed by atoms with Crippen molar-refractivity contribution in [2.75, 3.05) is 26.3 Å². The number of piperidine rings is 1. The monoisotopic (exact) mass is 483 g/mol. The number of nitrogens with zero attached hydrogens (tertiary/aromatic N) is 7. The first kappa shape index (κ1) is 22.0. The standard InChI is InChI=1S/C23H23F2N7O3/c24-19(25)22-29-28-21(35-22)14-3-4-15(27-10-14)11-31-20-18(2-1-7-26-20)32(23(31)33)16-5-8-30(9-6-16)17-12-34-13-17/h1-4,7,10,16-17,19H,5-6,8-9,11-13H2. The van der Waals surface area contributed by atoms with Crippen molar-refractivity contribution in [1.29, 1.82) is 0 Å². The lowest BCUT2D eigenvalue weighted by Gasteiger charge is -2.41. The summed E-state index contributed by atoms with van der Waals surface area (Å²) in [7, 11) is 0. The topological polar surface area (TPSA) is 104 Å². The molecule has 182 valence electrons. The number of rotatable bonds is 6. The molecule has 0 radical (unpaired) electrons. The van der Waals surface area contributed by atoms with Crippen molar-refractivity contribution in [2.24, 2.45) is 0 Å². The third kappa shape index (κ3) is 4.02. The second-order valence-electron chi connectivity index (χ2n) is 8.83.